The fourth-order valence-electron chi connectivity index (χ4n) is 3.09. The van der Waals surface area contributed by atoms with Crippen LogP contribution in [0.4, 0.5) is 0 Å². The van der Waals surface area contributed by atoms with E-state index in [1.165, 1.54) is 6.20 Å². The van der Waals surface area contributed by atoms with Crippen LogP contribution in [0.15, 0.2) is 53.7 Å². The molecule has 1 saturated heterocycles. The second kappa shape index (κ2) is 6.29. The lowest BCUT2D eigenvalue weighted by Gasteiger charge is -2.20. The topological polar surface area (TPSA) is 59.5 Å². The molecule has 122 valence electrons. The molecule has 1 fully saturated rings. The largest absolute Gasteiger partial charge is 0.497 e. The highest BCUT2D eigenvalue weighted by Crippen LogP contribution is 2.35. The van der Waals surface area contributed by atoms with Gasteiger partial charge in [-0.05, 0) is 49.1 Å². The number of nitrogens with zero attached hydrogens (tertiary/aromatic N) is 2. The average Bonchev–Trinajstić information content (AvgIpc) is 2.98. The normalized spacial score (nSPS) is 22.2. The SMILES string of the molecule is COc1ccc([C@@H]2C[C@@H](C)N(S(=O)(=O)c3cccnc3)C2)cc1. The summed E-state index contributed by atoms with van der Waals surface area (Å²) in [5.74, 6) is 1.00. The molecule has 23 heavy (non-hydrogen) atoms. The molecule has 1 aliphatic heterocycles. The van der Waals surface area contributed by atoms with E-state index in [4.69, 9.17) is 4.74 Å². The van der Waals surface area contributed by atoms with Gasteiger partial charge in [0.25, 0.3) is 0 Å². The maximum absolute atomic E-state index is 12.8. The summed E-state index contributed by atoms with van der Waals surface area (Å²) >= 11 is 0. The van der Waals surface area contributed by atoms with Crippen molar-refractivity contribution in [3.63, 3.8) is 0 Å². The summed E-state index contributed by atoms with van der Waals surface area (Å²) in [6, 6.07) is 11.1. The van der Waals surface area contributed by atoms with Gasteiger partial charge < -0.3 is 4.74 Å². The molecule has 6 heteroatoms. The maximum Gasteiger partial charge on any atom is 0.244 e. The zero-order valence-electron chi connectivity index (χ0n) is 13.2. The molecule has 0 radical (unpaired) electrons. The van der Waals surface area contributed by atoms with Crippen molar-refractivity contribution in [1.82, 2.24) is 9.29 Å². The van der Waals surface area contributed by atoms with Crippen molar-refractivity contribution in [1.29, 1.82) is 0 Å². The molecular formula is C17H20N2O3S. The second-order valence-electron chi connectivity index (χ2n) is 5.82. The van der Waals surface area contributed by atoms with Crippen LogP contribution in [0.2, 0.25) is 0 Å². The Hall–Kier alpha value is -1.92. The quantitative estimate of drug-likeness (QED) is 0.864. The van der Waals surface area contributed by atoms with E-state index in [1.54, 1.807) is 29.7 Å². The molecule has 1 aliphatic rings. The molecule has 0 saturated carbocycles. The molecule has 0 bridgehead atoms. The van der Waals surface area contributed by atoms with E-state index in [2.05, 4.69) is 4.98 Å². The van der Waals surface area contributed by atoms with Gasteiger partial charge in [0.1, 0.15) is 10.6 Å². The third-order valence-corrected chi connectivity index (χ3v) is 6.31. The van der Waals surface area contributed by atoms with E-state index in [1.807, 2.05) is 31.2 Å². The Kier molecular flexibility index (Phi) is 4.37. The summed E-state index contributed by atoms with van der Waals surface area (Å²) in [6.07, 6.45) is 3.79. The minimum atomic E-state index is -3.50. The lowest BCUT2D eigenvalue weighted by Crippen LogP contribution is -2.34. The van der Waals surface area contributed by atoms with Crippen molar-refractivity contribution >= 4 is 10.0 Å². The molecule has 0 amide bonds. The number of rotatable bonds is 4. The lowest BCUT2D eigenvalue weighted by atomic mass is 9.97. The van der Waals surface area contributed by atoms with Crippen molar-refractivity contribution < 1.29 is 13.2 Å². The fourth-order valence-corrected chi connectivity index (χ4v) is 4.74. The van der Waals surface area contributed by atoms with Crippen molar-refractivity contribution in [2.24, 2.45) is 0 Å². The predicted molar refractivity (Wildman–Crippen MR) is 87.9 cm³/mol. The molecule has 0 N–H and O–H groups in total. The molecule has 0 spiro atoms. The summed E-state index contributed by atoms with van der Waals surface area (Å²) in [7, 11) is -1.86. The number of benzene rings is 1. The number of ether oxygens (including phenoxy) is 1. The van der Waals surface area contributed by atoms with Crippen LogP contribution in [0.1, 0.15) is 24.8 Å². The molecule has 1 aromatic carbocycles. The van der Waals surface area contributed by atoms with Crippen LogP contribution in [-0.2, 0) is 10.0 Å². The van der Waals surface area contributed by atoms with Gasteiger partial charge in [-0.3, -0.25) is 4.98 Å². The minimum Gasteiger partial charge on any atom is -0.497 e. The Morgan fingerprint density at radius 3 is 2.57 bits per heavy atom. The number of aromatic nitrogens is 1. The summed E-state index contributed by atoms with van der Waals surface area (Å²) in [5, 5.41) is 0. The molecule has 0 aliphatic carbocycles. The monoisotopic (exact) mass is 332 g/mol. The van der Waals surface area contributed by atoms with Crippen LogP contribution in [0.25, 0.3) is 0 Å². The minimum absolute atomic E-state index is 0.0349. The van der Waals surface area contributed by atoms with Gasteiger partial charge in [0, 0.05) is 25.0 Å². The van der Waals surface area contributed by atoms with Gasteiger partial charge >= 0.3 is 0 Å². The maximum atomic E-state index is 12.8. The number of methoxy groups -OCH3 is 1. The van der Waals surface area contributed by atoms with Gasteiger partial charge in [-0.25, -0.2) is 8.42 Å². The average molecular weight is 332 g/mol. The molecule has 2 aromatic rings. The molecule has 2 heterocycles. The lowest BCUT2D eigenvalue weighted by molar-refractivity contribution is 0.407. The van der Waals surface area contributed by atoms with Gasteiger partial charge in [-0.2, -0.15) is 4.31 Å². The molecule has 2 atom stereocenters. The van der Waals surface area contributed by atoms with Crippen LogP contribution in [0, 0.1) is 0 Å². The highest BCUT2D eigenvalue weighted by atomic mass is 32.2. The molecule has 5 nitrogen and oxygen atoms in total. The van der Waals surface area contributed by atoms with E-state index in [9.17, 15) is 8.42 Å². The summed E-state index contributed by atoms with van der Waals surface area (Å²) < 4.78 is 32.3. The first-order chi connectivity index (χ1) is 11.0. The zero-order valence-corrected chi connectivity index (χ0v) is 14.0. The van der Waals surface area contributed by atoms with E-state index in [0.29, 0.717) is 6.54 Å². The summed E-state index contributed by atoms with van der Waals surface area (Å²) in [6.45, 7) is 2.45. The number of hydrogen-bond donors (Lipinski definition) is 0. The molecule has 1 aromatic heterocycles. The van der Waals surface area contributed by atoms with Gasteiger partial charge in [-0.1, -0.05) is 12.1 Å². The number of hydrogen-bond acceptors (Lipinski definition) is 4. The van der Waals surface area contributed by atoms with E-state index in [0.717, 1.165) is 17.7 Å². The van der Waals surface area contributed by atoms with Crippen LogP contribution in [0.5, 0.6) is 5.75 Å². The van der Waals surface area contributed by atoms with Gasteiger partial charge in [-0.15, -0.1) is 0 Å². The third kappa shape index (κ3) is 3.09. The first-order valence-electron chi connectivity index (χ1n) is 7.58. The van der Waals surface area contributed by atoms with Crippen molar-refractivity contribution in [2.45, 2.75) is 30.2 Å². The molecule has 0 unspecified atom stereocenters. The third-order valence-electron chi connectivity index (χ3n) is 4.35. The second-order valence-corrected chi connectivity index (χ2v) is 7.71. The number of sulfonamides is 1. The molecular weight excluding hydrogens is 312 g/mol. The highest BCUT2D eigenvalue weighted by Gasteiger charge is 2.38. The Morgan fingerprint density at radius 1 is 1.22 bits per heavy atom. The fraction of sp³-hybridized carbons (Fsp3) is 0.353. The Balaban J connectivity index is 1.83. The summed E-state index contributed by atoms with van der Waals surface area (Å²) in [4.78, 5) is 4.18. The molecule has 3 rings (SSSR count). The van der Waals surface area contributed by atoms with Crippen molar-refractivity contribution in [3.8, 4) is 5.75 Å². The first-order valence-corrected chi connectivity index (χ1v) is 9.02. The van der Waals surface area contributed by atoms with Crippen molar-refractivity contribution in [2.75, 3.05) is 13.7 Å². The highest BCUT2D eigenvalue weighted by molar-refractivity contribution is 7.89. The van der Waals surface area contributed by atoms with Crippen molar-refractivity contribution in [3.05, 3.63) is 54.4 Å². The Morgan fingerprint density at radius 2 is 1.96 bits per heavy atom. The van der Waals surface area contributed by atoms with Crippen LogP contribution < -0.4 is 4.74 Å². The standard InChI is InChI=1S/C17H20N2O3S/c1-13-10-15(14-5-7-16(22-2)8-6-14)12-19(13)23(20,21)17-4-3-9-18-11-17/h3-9,11,13,15H,10,12H2,1-2H3/t13-,15-/m1/s1. The van der Waals surface area contributed by atoms with Crippen LogP contribution in [-0.4, -0.2) is 37.4 Å². The Labute approximate surface area is 137 Å². The van der Waals surface area contributed by atoms with E-state index in [-0.39, 0.29) is 16.9 Å². The smallest absolute Gasteiger partial charge is 0.244 e. The van der Waals surface area contributed by atoms with Gasteiger partial charge in [0.05, 0.1) is 7.11 Å². The first kappa shape index (κ1) is 16.0. The zero-order chi connectivity index (χ0) is 16.4. The van der Waals surface area contributed by atoms with E-state index >= 15 is 0 Å². The van der Waals surface area contributed by atoms with Gasteiger partial charge in [0.15, 0.2) is 0 Å². The Bertz CT molecular complexity index is 760. The predicted octanol–water partition coefficient (Wildman–Crippen LogP) is 2.66. The number of pyridine rings is 1. The van der Waals surface area contributed by atoms with Gasteiger partial charge in [0.2, 0.25) is 10.0 Å². The van der Waals surface area contributed by atoms with E-state index < -0.39 is 10.0 Å². The summed E-state index contributed by atoms with van der Waals surface area (Å²) in [5.41, 5.74) is 1.14. The van der Waals surface area contributed by atoms with Crippen LogP contribution in [0.3, 0.4) is 0 Å². The van der Waals surface area contributed by atoms with Crippen LogP contribution >= 0.6 is 0 Å².